The highest BCUT2D eigenvalue weighted by Gasteiger charge is 2.37. The van der Waals surface area contributed by atoms with Gasteiger partial charge in [-0.25, -0.2) is 19.6 Å². The summed E-state index contributed by atoms with van der Waals surface area (Å²) in [4.78, 5) is 75.6. The monoisotopic (exact) mass is 658 g/mol. The third kappa shape index (κ3) is 10.3. The number of piperidine rings is 1. The second-order valence-corrected chi connectivity index (χ2v) is 10.6. The number of anilines is 1. The van der Waals surface area contributed by atoms with E-state index >= 15 is 0 Å². The molecule has 21 heteroatoms. The molecule has 0 saturated carbocycles. The van der Waals surface area contributed by atoms with E-state index in [0.717, 1.165) is 6.20 Å². The normalized spacial score (nSPS) is 19.7. The molecule has 14 N–H and O–H groups in total. The number of hydrogen-bond donors (Lipinski definition) is 12. The van der Waals surface area contributed by atoms with Gasteiger partial charge in [0.25, 0.3) is 0 Å². The predicted molar refractivity (Wildman–Crippen MR) is 152 cm³/mol. The summed E-state index contributed by atoms with van der Waals surface area (Å²) in [6.45, 7) is -0.219. The number of hydrogen-bond acceptors (Lipinski definition) is 13. The van der Waals surface area contributed by atoms with Crippen molar-refractivity contribution in [1.29, 1.82) is 0 Å². The second-order valence-electron chi connectivity index (χ2n) is 10.2. The summed E-state index contributed by atoms with van der Waals surface area (Å²) >= 11 is 5.76. The van der Waals surface area contributed by atoms with Gasteiger partial charge in [0.15, 0.2) is 12.0 Å². The van der Waals surface area contributed by atoms with E-state index in [2.05, 4.69) is 45.9 Å². The fraction of sp³-hybridized carbons (Fsp3) is 0.542. The number of carbonyl (C=O) groups excluding carboxylic acids is 4. The minimum absolute atomic E-state index is 0.00561. The van der Waals surface area contributed by atoms with Gasteiger partial charge in [0, 0.05) is 18.5 Å². The SMILES string of the molecule is NC(=O)OCC(O)CC(NC(=O)C1NCCCC1O)C(=O)NC(Cc1cnc(N)[nH]1)C(=O)NC(C(=O)O)C(O)c1ncc(Cl)[nH]1. The maximum atomic E-state index is 13.5. The first kappa shape index (κ1) is 35.0. The lowest BCUT2D eigenvalue weighted by atomic mass is 9.99. The lowest BCUT2D eigenvalue weighted by molar-refractivity contribution is -0.146. The van der Waals surface area contributed by atoms with E-state index in [-0.39, 0.29) is 29.0 Å². The van der Waals surface area contributed by atoms with Gasteiger partial charge >= 0.3 is 12.1 Å². The van der Waals surface area contributed by atoms with Gasteiger partial charge in [-0.15, -0.1) is 0 Å². The Balaban J connectivity index is 1.84. The number of imidazole rings is 2. The van der Waals surface area contributed by atoms with Crippen LogP contribution in [0.4, 0.5) is 10.7 Å². The highest BCUT2D eigenvalue weighted by Crippen LogP contribution is 2.17. The zero-order chi connectivity index (χ0) is 33.3. The van der Waals surface area contributed by atoms with Gasteiger partial charge in [-0.05, 0) is 19.4 Å². The van der Waals surface area contributed by atoms with Crippen molar-refractivity contribution in [3.63, 3.8) is 0 Å². The zero-order valence-electron chi connectivity index (χ0n) is 23.6. The zero-order valence-corrected chi connectivity index (χ0v) is 24.4. The van der Waals surface area contributed by atoms with Crippen molar-refractivity contribution >= 4 is 47.3 Å². The number of primary amides is 1. The molecule has 4 amide bonds. The van der Waals surface area contributed by atoms with Gasteiger partial charge < -0.3 is 67.9 Å². The van der Waals surface area contributed by atoms with Crippen LogP contribution in [0.5, 0.6) is 0 Å². The molecule has 0 radical (unpaired) electrons. The van der Waals surface area contributed by atoms with Crippen molar-refractivity contribution in [2.75, 3.05) is 18.9 Å². The van der Waals surface area contributed by atoms with E-state index in [9.17, 15) is 44.4 Å². The van der Waals surface area contributed by atoms with Crippen molar-refractivity contribution in [2.24, 2.45) is 5.73 Å². The third-order valence-corrected chi connectivity index (χ3v) is 6.89. The van der Waals surface area contributed by atoms with Crippen LogP contribution in [-0.4, -0.2) is 120 Å². The van der Waals surface area contributed by atoms with Crippen LogP contribution in [0, 0.1) is 0 Å². The number of nitrogens with one attached hydrogen (secondary N) is 6. The first-order valence-electron chi connectivity index (χ1n) is 13.6. The van der Waals surface area contributed by atoms with Gasteiger partial charge in [-0.1, -0.05) is 11.6 Å². The first-order valence-corrected chi connectivity index (χ1v) is 14.0. The average Bonchev–Trinajstić information content (AvgIpc) is 3.60. The molecule has 2 aromatic heterocycles. The van der Waals surface area contributed by atoms with Gasteiger partial charge in [0.05, 0.1) is 24.6 Å². The topological polar surface area (TPSA) is 333 Å². The number of aromatic amines is 2. The molecule has 3 heterocycles. The number of halogens is 1. The van der Waals surface area contributed by atoms with E-state index in [1.54, 1.807) is 0 Å². The molecule has 248 valence electrons. The van der Waals surface area contributed by atoms with Crippen LogP contribution >= 0.6 is 11.6 Å². The van der Waals surface area contributed by atoms with Crippen LogP contribution in [0.1, 0.15) is 36.9 Å². The Hall–Kier alpha value is -4.50. The Morgan fingerprint density at radius 3 is 2.36 bits per heavy atom. The quantitative estimate of drug-likeness (QED) is 0.0871. The van der Waals surface area contributed by atoms with Crippen molar-refractivity contribution in [2.45, 2.75) is 68.2 Å². The molecule has 0 bridgehead atoms. The van der Waals surface area contributed by atoms with Gasteiger partial charge in [-0.2, -0.15) is 0 Å². The van der Waals surface area contributed by atoms with Crippen LogP contribution < -0.4 is 32.7 Å². The van der Waals surface area contributed by atoms with Gasteiger partial charge in [-0.3, -0.25) is 14.4 Å². The number of amides is 4. The Morgan fingerprint density at radius 1 is 1.07 bits per heavy atom. The number of nitrogens with zero attached hydrogens (tertiary/aromatic N) is 2. The number of nitrogens with two attached hydrogens (primary N) is 2. The van der Waals surface area contributed by atoms with E-state index in [0.29, 0.717) is 19.4 Å². The minimum Gasteiger partial charge on any atom is -0.480 e. The fourth-order valence-corrected chi connectivity index (χ4v) is 4.63. The number of H-pyrrole nitrogens is 2. The molecule has 45 heavy (non-hydrogen) atoms. The summed E-state index contributed by atoms with van der Waals surface area (Å²) in [6.07, 6.45) is -3.23. The van der Waals surface area contributed by atoms with Crippen molar-refractivity contribution in [1.82, 2.24) is 41.2 Å². The molecule has 0 spiro atoms. The van der Waals surface area contributed by atoms with Gasteiger partial charge in [0.1, 0.15) is 41.8 Å². The molecule has 0 aliphatic carbocycles. The van der Waals surface area contributed by atoms with Crippen LogP contribution in [0.15, 0.2) is 12.4 Å². The summed E-state index contributed by atoms with van der Waals surface area (Å²) < 4.78 is 4.56. The smallest absolute Gasteiger partial charge is 0.404 e. The lowest BCUT2D eigenvalue weighted by Gasteiger charge is -2.30. The maximum absolute atomic E-state index is 13.5. The molecule has 7 atom stereocenters. The van der Waals surface area contributed by atoms with Crippen LogP contribution in [0.2, 0.25) is 5.15 Å². The standard InChI is InChI=1S/C24H35ClN10O10/c25-14-7-29-18(34-14)17(38)16(22(42)43)35-20(40)11(4-9-6-30-23(26)31-9)32-19(39)12(5-10(36)8-45-24(27)44)33-21(41)15-13(37)2-1-3-28-15/h6-7,10-13,15-17,28,36-38H,1-5,8H2,(H2,27,44)(H,29,34)(H,32,39)(H,33,41)(H,35,40)(H,42,43)(H3,26,30,31). The molecule has 1 aliphatic rings. The molecule has 1 fully saturated rings. The van der Waals surface area contributed by atoms with Crippen LogP contribution in [0.3, 0.4) is 0 Å². The fourth-order valence-electron chi connectivity index (χ4n) is 4.48. The first-order chi connectivity index (χ1) is 21.2. The largest absolute Gasteiger partial charge is 0.480 e. The Morgan fingerprint density at radius 2 is 1.78 bits per heavy atom. The number of aromatic nitrogens is 4. The molecular formula is C24H35ClN10O10. The summed E-state index contributed by atoms with van der Waals surface area (Å²) in [7, 11) is 0. The third-order valence-electron chi connectivity index (χ3n) is 6.70. The van der Waals surface area contributed by atoms with Crippen molar-refractivity contribution in [3.05, 3.63) is 29.1 Å². The number of carbonyl (C=O) groups is 5. The summed E-state index contributed by atoms with van der Waals surface area (Å²) in [6, 6.07) is -6.18. The number of aliphatic hydroxyl groups excluding tert-OH is 3. The number of ether oxygens (including phenoxy) is 1. The number of carboxylic acid groups (broad SMARTS) is 1. The molecule has 1 saturated heterocycles. The van der Waals surface area contributed by atoms with E-state index in [1.165, 1.54) is 6.20 Å². The van der Waals surface area contributed by atoms with E-state index < -0.39 is 85.3 Å². The molecule has 7 unspecified atom stereocenters. The summed E-state index contributed by atoms with van der Waals surface area (Å²) in [5.41, 5.74) is 10.8. The van der Waals surface area contributed by atoms with Gasteiger partial charge in [0.2, 0.25) is 17.7 Å². The van der Waals surface area contributed by atoms with Crippen molar-refractivity contribution < 1.29 is 49.1 Å². The predicted octanol–water partition coefficient (Wildman–Crippen LogP) is -3.86. The Labute approximate surface area is 259 Å². The highest BCUT2D eigenvalue weighted by molar-refractivity contribution is 6.29. The van der Waals surface area contributed by atoms with Crippen LogP contribution in [0.25, 0.3) is 0 Å². The number of carboxylic acids is 1. The molecular weight excluding hydrogens is 624 g/mol. The number of nitrogen functional groups attached to an aromatic ring is 1. The Kier molecular flexibility index (Phi) is 12.4. The average molecular weight is 659 g/mol. The number of aliphatic carboxylic acids is 1. The number of aliphatic hydroxyl groups is 3. The van der Waals surface area contributed by atoms with E-state index in [1.807, 2.05) is 0 Å². The second kappa shape index (κ2) is 16.0. The molecule has 2 aromatic rings. The minimum atomic E-state index is -1.96. The highest BCUT2D eigenvalue weighted by atomic mass is 35.5. The molecule has 20 nitrogen and oxygen atoms in total. The molecule has 3 rings (SSSR count). The van der Waals surface area contributed by atoms with Crippen LogP contribution in [-0.2, 0) is 30.3 Å². The Bertz CT molecular complexity index is 1360. The summed E-state index contributed by atoms with van der Waals surface area (Å²) in [5.74, 6) is -4.84. The molecule has 0 aromatic carbocycles. The van der Waals surface area contributed by atoms with E-state index in [4.69, 9.17) is 23.1 Å². The lowest BCUT2D eigenvalue weighted by Crippen LogP contribution is -2.61. The molecule has 1 aliphatic heterocycles. The maximum Gasteiger partial charge on any atom is 0.404 e. The van der Waals surface area contributed by atoms with Crippen molar-refractivity contribution in [3.8, 4) is 0 Å². The number of rotatable bonds is 15. The summed E-state index contributed by atoms with van der Waals surface area (Å²) in [5, 5.41) is 50.7.